The van der Waals surface area contributed by atoms with Gasteiger partial charge in [-0.25, -0.2) is 33.6 Å². The Kier molecular flexibility index (Phi) is 14.9. The predicted molar refractivity (Wildman–Crippen MR) is 151 cm³/mol. The summed E-state index contributed by atoms with van der Waals surface area (Å²) in [7, 11) is 0. The number of carbonyl (C=O) groups is 4. The number of esters is 4. The lowest BCUT2D eigenvalue weighted by Crippen LogP contribution is -2.34. The van der Waals surface area contributed by atoms with Gasteiger partial charge in [0.05, 0.1) is 5.69 Å². The van der Waals surface area contributed by atoms with Crippen molar-refractivity contribution in [3.05, 3.63) is 59.7 Å². The number of rotatable bonds is 17. The fourth-order valence-electron chi connectivity index (χ4n) is 3.56. The summed E-state index contributed by atoms with van der Waals surface area (Å²) in [6.45, 7) is 1.55. The normalized spacial score (nSPS) is 12.5. The lowest BCUT2D eigenvalue weighted by Gasteiger charge is -2.17. The molecule has 0 spiro atoms. The van der Waals surface area contributed by atoms with E-state index in [-0.39, 0.29) is 18.6 Å². The highest BCUT2D eigenvalue weighted by Crippen LogP contribution is 2.16. The van der Waals surface area contributed by atoms with Crippen LogP contribution in [0.4, 0.5) is 5.69 Å². The molecule has 0 aliphatic heterocycles. The summed E-state index contributed by atoms with van der Waals surface area (Å²) in [4.78, 5) is 91.8. The van der Waals surface area contributed by atoms with E-state index in [1.807, 2.05) is 0 Å². The van der Waals surface area contributed by atoms with Crippen LogP contribution in [0, 0.1) is 11.5 Å². The third-order valence-electron chi connectivity index (χ3n) is 5.84. The SMILES string of the molecule is CC(OC(=O)C(Cc1ccc(N=C=O)cc1)N=C=O)C(=O)OCCOC(=O)C(C)OC(=O)C(Cc1ccc(OC#N)cc1)N=C=O. The molecule has 0 aliphatic carbocycles. The minimum absolute atomic E-state index is 0.0747. The van der Waals surface area contributed by atoms with Gasteiger partial charge in [-0.3, -0.25) is 0 Å². The molecule has 0 bridgehead atoms. The van der Waals surface area contributed by atoms with Crippen molar-refractivity contribution in [1.29, 1.82) is 5.26 Å². The van der Waals surface area contributed by atoms with Crippen molar-refractivity contribution in [2.45, 2.75) is 51.0 Å². The smallest absolute Gasteiger partial charge is 0.347 e. The standard InChI is InChI=1S/C30H26N4O12/c1-19(45-29(40)25(33-17-36)13-21-3-7-23(8-4-21)32-16-35)27(38)42-11-12-43-28(39)20(2)46-30(41)26(34-18-37)14-22-5-9-24(10-6-22)44-15-31/h3-10,19-20,25-26H,11-14H2,1-2H3. The van der Waals surface area contributed by atoms with Gasteiger partial charge >= 0.3 is 23.9 Å². The summed E-state index contributed by atoms with van der Waals surface area (Å²) < 4.78 is 24.6. The summed E-state index contributed by atoms with van der Waals surface area (Å²) in [6, 6.07) is 9.45. The van der Waals surface area contributed by atoms with Gasteiger partial charge in [0.2, 0.25) is 18.2 Å². The lowest BCUT2D eigenvalue weighted by molar-refractivity contribution is -0.172. The molecule has 16 heteroatoms. The average molecular weight is 635 g/mol. The highest BCUT2D eigenvalue weighted by molar-refractivity contribution is 5.83. The van der Waals surface area contributed by atoms with E-state index in [0.717, 1.165) is 0 Å². The van der Waals surface area contributed by atoms with Gasteiger partial charge in [-0.15, -0.1) is 5.26 Å². The van der Waals surface area contributed by atoms with Crippen LogP contribution in [-0.4, -0.2) is 79.6 Å². The maximum atomic E-state index is 12.5. The zero-order chi connectivity index (χ0) is 33.9. The molecule has 0 N–H and O–H groups in total. The molecular formula is C30H26N4O12. The minimum atomic E-state index is -1.41. The maximum absolute atomic E-state index is 12.5. The molecule has 0 radical (unpaired) electrons. The van der Waals surface area contributed by atoms with Gasteiger partial charge in [0.1, 0.15) is 19.0 Å². The zero-order valence-corrected chi connectivity index (χ0v) is 24.4. The second kappa shape index (κ2) is 19.1. The molecule has 238 valence electrons. The molecule has 2 aromatic rings. The number of hydrogen-bond acceptors (Lipinski definition) is 16. The Balaban J connectivity index is 1.79. The van der Waals surface area contributed by atoms with Crippen LogP contribution in [0.3, 0.4) is 0 Å². The van der Waals surface area contributed by atoms with Crippen LogP contribution in [0.2, 0.25) is 0 Å². The number of isocyanates is 3. The van der Waals surface area contributed by atoms with Crippen molar-refractivity contribution in [2.24, 2.45) is 15.0 Å². The Morgan fingerprint density at radius 3 is 1.50 bits per heavy atom. The predicted octanol–water partition coefficient (Wildman–Crippen LogP) is 1.66. The first-order valence-electron chi connectivity index (χ1n) is 13.3. The molecule has 0 saturated carbocycles. The van der Waals surface area contributed by atoms with Crippen molar-refractivity contribution < 1.29 is 57.2 Å². The molecule has 0 fully saturated rings. The van der Waals surface area contributed by atoms with Crippen LogP contribution in [0.1, 0.15) is 25.0 Å². The van der Waals surface area contributed by atoms with Gasteiger partial charge in [-0.05, 0) is 49.2 Å². The third kappa shape index (κ3) is 12.2. The van der Waals surface area contributed by atoms with Crippen molar-refractivity contribution >= 4 is 47.8 Å². The lowest BCUT2D eigenvalue weighted by atomic mass is 10.1. The fraction of sp³-hybridized carbons (Fsp3) is 0.333. The van der Waals surface area contributed by atoms with E-state index in [2.05, 4.69) is 19.7 Å². The highest BCUT2D eigenvalue weighted by atomic mass is 16.6. The molecule has 0 heterocycles. The molecule has 0 aliphatic rings. The maximum Gasteiger partial charge on any atom is 0.347 e. The van der Waals surface area contributed by atoms with E-state index >= 15 is 0 Å². The van der Waals surface area contributed by atoms with Crippen molar-refractivity contribution in [3.63, 3.8) is 0 Å². The Hall–Kier alpha value is -6.25. The van der Waals surface area contributed by atoms with E-state index in [9.17, 15) is 33.6 Å². The zero-order valence-electron chi connectivity index (χ0n) is 24.4. The van der Waals surface area contributed by atoms with E-state index in [0.29, 0.717) is 16.8 Å². The molecule has 2 rings (SSSR count). The first-order chi connectivity index (χ1) is 22.1. The number of carbonyl (C=O) groups excluding carboxylic acids is 7. The van der Waals surface area contributed by atoms with Crippen molar-refractivity contribution in [2.75, 3.05) is 13.2 Å². The second-order valence-electron chi connectivity index (χ2n) is 9.08. The van der Waals surface area contributed by atoms with Gasteiger partial charge in [0, 0.05) is 12.8 Å². The molecule has 4 unspecified atom stereocenters. The van der Waals surface area contributed by atoms with Gasteiger partial charge in [0.15, 0.2) is 24.3 Å². The first-order valence-corrected chi connectivity index (χ1v) is 13.3. The number of hydrogen-bond donors (Lipinski definition) is 0. The van der Waals surface area contributed by atoms with Crippen molar-refractivity contribution in [1.82, 2.24) is 0 Å². The van der Waals surface area contributed by atoms with E-state index in [4.69, 9.17) is 24.2 Å². The van der Waals surface area contributed by atoms with E-state index in [1.165, 1.54) is 62.6 Å². The van der Waals surface area contributed by atoms with Crippen LogP contribution in [0.5, 0.6) is 5.75 Å². The number of ether oxygens (including phenoxy) is 5. The molecule has 46 heavy (non-hydrogen) atoms. The summed E-state index contributed by atoms with van der Waals surface area (Å²) in [5.41, 5.74) is 1.43. The number of nitriles is 1. The highest BCUT2D eigenvalue weighted by Gasteiger charge is 2.28. The molecule has 16 nitrogen and oxygen atoms in total. The Morgan fingerprint density at radius 1 is 0.674 bits per heavy atom. The van der Waals surface area contributed by atoms with Crippen LogP contribution in [0.15, 0.2) is 63.5 Å². The quantitative estimate of drug-likeness (QED) is 0.0603. The van der Waals surface area contributed by atoms with Crippen LogP contribution in [0.25, 0.3) is 0 Å². The molecule has 2 aromatic carbocycles. The van der Waals surface area contributed by atoms with Gasteiger partial charge in [0.25, 0.3) is 6.26 Å². The number of nitrogens with zero attached hydrogens (tertiary/aromatic N) is 4. The fourth-order valence-corrected chi connectivity index (χ4v) is 3.56. The third-order valence-corrected chi connectivity index (χ3v) is 5.84. The first kappa shape index (κ1) is 35.9. The van der Waals surface area contributed by atoms with E-state index < -0.39 is 61.4 Å². The number of benzene rings is 2. The summed E-state index contributed by atoms with van der Waals surface area (Å²) in [5.74, 6) is -3.73. The molecule has 0 saturated heterocycles. The monoisotopic (exact) mass is 634 g/mol. The molecule has 0 amide bonds. The Bertz CT molecular complexity index is 1570. The number of aliphatic imine (C=N–C) groups is 3. The van der Waals surface area contributed by atoms with Gasteiger partial charge < -0.3 is 23.7 Å². The summed E-state index contributed by atoms with van der Waals surface area (Å²) >= 11 is 0. The second-order valence-corrected chi connectivity index (χ2v) is 9.08. The topological polar surface area (TPSA) is 227 Å². The van der Waals surface area contributed by atoms with Crippen LogP contribution in [-0.2, 0) is 65.4 Å². The Labute approximate surface area is 261 Å². The van der Waals surface area contributed by atoms with Crippen LogP contribution >= 0.6 is 0 Å². The van der Waals surface area contributed by atoms with Crippen LogP contribution < -0.4 is 4.74 Å². The van der Waals surface area contributed by atoms with Gasteiger partial charge in [-0.2, -0.15) is 15.0 Å². The summed E-state index contributed by atoms with van der Waals surface area (Å²) in [5, 5.41) is 8.55. The average Bonchev–Trinajstić information content (AvgIpc) is 3.04. The van der Waals surface area contributed by atoms with E-state index in [1.54, 1.807) is 24.3 Å². The molecule has 0 aromatic heterocycles. The Morgan fingerprint density at radius 2 is 1.11 bits per heavy atom. The molecular weight excluding hydrogens is 608 g/mol. The largest absolute Gasteiger partial charge is 0.459 e. The minimum Gasteiger partial charge on any atom is -0.459 e. The summed E-state index contributed by atoms with van der Waals surface area (Å²) in [6.07, 6.45) is 2.48. The van der Waals surface area contributed by atoms with Crippen molar-refractivity contribution in [3.8, 4) is 12.0 Å². The van der Waals surface area contributed by atoms with Gasteiger partial charge in [-0.1, -0.05) is 24.3 Å². The molecule has 4 atom stereocenters.